The smallest absolute Gasteiger partial charge is 0.143 e. The van der Waals surface area contributed by atoms with Crippen molar-refractivity contribution in [1.82, 2.24) is 0 Å². The molecule has 1 aliphatic rings. The fourth-order valence-corrected chi connectivity index (χ4v) is 1.92. The average Bonchev–Trinajstić information content (AvgIpc) is 2.12. The SMILES string of the molecule is CO/C=C/C1=C(C)CCC(=O)C1(C)C. The molecule has 0 atom stereocenters. The van der Waals surface area contributed by atoms with Crippen LogP contribution < -0.4 is 0 Å². The van der Waals surface area contributed by atoms with Crippen molar-refractivity contribution in [2.45, 2.75) is 33.6 Å². The molecule has 0 amide bonds. The van der Waals surface area contributed by atoms with E-state index >= 15 is 0 Å². The van der Waals surface area contributed by atoms with Gasteiger partial charge in [0.05, 0.1) is 13.4 Å². The highest BCUT2D eigenvalue weighted by Gasteiger charge is 2.34. The number of allylic oxidation sites excluding steroid dienone is 3. The fraction of sp³-hybridized carbons (Fsp3) is 0.583. The lowest BCUT2D eigenvalue weighted by atomic mass is 9.72. The number of carbonyl (C=O) groups is 1. The molecule has 0 aromatic heterocycles. The molecule has 0 heterocycles. The average molecular weight is 194 g/mol. The zero-order chi connectivity index (χ0) is 10.8. The van der Waals surface area contributed by atoms with Crippen molar-refractivity contribution < 1.29 is 9.53 Å². The molecule has 0 aromatic rings. The van der Waals surface area contributed by atoms with Gasteiger partial charge in [-0.3, -0.25) is 4.79 Å². The number of methoxy groups -OCH3 is 1. The molecule has 0 unspecified atom stereocenters. The molecule has 2 nitrogen and oxygen atoms in total. The van der Waals surface area contributed by atoms with Crippen LogP contribution in [0.25, 0.3) is 0 Å². The Bertz CT molecular complexity index is 295. The van der Waals surface area contributed by atoms with E-state index in [9.17, 15) is 4.79 Å². The van der Waals surface area contributed by atoms with E-state index in [-0.39, 0.29) is 5.41 Å². The highest BCUT2D eigenvalue weighted by Crippen LogP contribution is 2.38. The van der Waals surface area contributed by atoms with Gasteiger partial charge in [-0.05, 0) is 38.8 Å². The molecule has 2 heteroatoms. The molecular formula is C12H18O2. The zero-order valence-corrected chi connectivity index (χ0v) is 9.39. The molecule has 0 radical (unpaired) electrons. The Morgan fingerprint density at radius 3 is 2.57 bits per heavy atom. The summed E-state index contributed by atoms with van der Waals surface area (Å²) in [7, 11) is 1.62. The third kappa shape index (κ3) is 1.89. The molecule has 0 bridgehead atoms. The van der Waals surface area contributed by atoms with Crippen LogP contribution in [0, 0.1) is 5.41 Å². The lowest BCUT2D eigenvalue weighted by Crippen LogP contribution is -2.30. The number of carbonyl (C=O) groups excluding carboxylic acids is 1. The predicted molar refractivity (Wildman–Crippen MR) is 56.9 cm³/mol. The number of rotatable bonds is 2. The van der Waals surface area contributed by atoms with Gasteiger partial charge in [0.1, 0.15) is 5.78 Å². The van der Waals surface area contributed by atoms with Crippen molar-refractivity contribution in [3.8, 4) is 0 Å². The fourth-order valence-electron chi connectivity index (χ4n) is 1.92. The molecule has 0 aromatic carbocycles. The minimum absolute atomic E-state index is 0.318. The lowest BCUT2D eigenvalue weighted by molar-refractivity contribution is -0.125. The van der Waals surface area contributed by atoms with Crippen molar-refractivity contribution in [2.75, 3.05) is 7.11 Å². The highest BCUT2D eigenvalue weighted by atomic mass is 16.5. The predicted octanol–water partition coefficient (Wildman–Crippen LogP) is 2.85. The third-order valence-electron chi connectivity index (χ3n) is 2.93. The van der Waals surface area contributed by atoms with Crippen molar-refractivity contribution in [2.24, 2.45) is 5.41 Å². The maximum atomic E-state index is 11.7. The summed E-state index contributed by atoms with van der Waals surface area (Å²) >= 11 is 0. The summed E-state index contributed by atoms with van der Waals surface area (Å²) < 4.78 is 4.90. The second-order valence-corrected chi connectivity index (χ2v) is 4.28. The molecule has 0 N–H and O–H groups in total. The normalized spacial score (nSPS) is 21.9. The summed E-state index contributed by atoms with van der Waals surface area (Å²) in [6, 6.07) is 0. The van der Waals surface area contributed by atoms with Crippen LogP contribution in [-0.2, 0) is 9.53 Å². The maximum absolute atomic E-state index is 11.7. The first-order chi connectivity index (χ1) is 6.50. The number of ether oxygens (including phenoxy) is 1. The van der Waals surface area contributed by atoms with Crippen molar-refractivity contribution >= 4 is 5.78 Å². The Labute approximate surface area is 85.6 Å². The minimum Gasteiger partial charge on any atom is -0.504 e. The van der Waals surface area contributed by atoms with Crippen LogP contribution in [0.15, 0.2) is 23.5 Å². The number of Topliss-reactive ketones (excluding diaryl/α,β-unsaturated/α-hetero) is 1. The van der Waals surface area contributed by atoms with E-state index in [0.717, 1.165) is 12.0 Å². The van der Waals surface area contributed by atoms with Gasteiger partial charge in [0.15, 0.2) is 0 Å². The minimum atomic E-state index is -0.350. The summed E-state index contributed by atoms with van der Waals surface area (Å²) in [5, 5.41) is 0. The van der Waals surface area contributed by atoms with E-state index < -0.39 is 0 Å². The number of ketones is 1. The Balaban J connectivity index is 3.07. The largest absolute Gasteiger partial charge is 0.504 e. The van der Waals surface area contributed by atoms with Crippen molar-refractivity contribution in [1.29, 1.82) is 0 Å². The van der Waals surface area contributed by atoms with Gasteiger partial charge in [-0.25, -0.2) is 0 Å². The van der Waals surface area contributed by atoms with Crippen LogP contribution in [0.1, 0.15) is 33.6 Å². The lowest BCUT2D eigenvalue weighted by Gasteiger charge is -2.31. The summed E-state index contributed by atoms with van der Waals surface area (Å²) in [4.78, 5) is 11.7. The molecule has 0 spiro atoms. The molecule has 1 aliphatic carbocycles. The molecule has 0 fully saturated rings. The van der Waals surface area contributed by atoms with Crippen LogP contribution in [-0.4, -0.2) is 12.9 Å². The quantitative estimate of drug-likeness (QED) is 0.632. The summed E-state index contributed by atoms with van der Waals surface area (Å²) in [6.45, 7) is 6.05. The van der Waals surface area contributed by atoms with E-state index in [2.05, 4.69) is 6.92 Å². The first-order valence-corrected chi connectivity index (χ1v) is 4.93. The van der Waals surface area contributed by atoms with Gasteiger partial charge in [-0.2, -0.15) is 0 Å². The van der Waals surface area contributed by atoms with E-state index in [0.29, 0.717) is 12.2 Å². The van der Waals surface area contributed by atoms with Crippen molar-refractivity contribution in [3.63, 3.8) is 0 Å². The van der Waals surface area contributed by atoms with Gasteiger partial charge in [0.25, 0.3) is 0 Å². The standard InChI is InChI=1S/C12H18O2/c1-9-5-6-11(13)12(2,3)10(9)7-8-14-4/h7-8H,5-6H2,1-4H3/b8-7+. The molecule has 0 aliphatic heterocycles. The zero-order valence-electron chi connectivity index (χ0n) is 9.39. The summed E-state index contributed by atoms with van der Waals surface area (Å²) in [6.07, 6.45) is 5.10. The Hall–Kier alpha value is -1.05. The molecule has 14 heavy (non-hydrogen) atoms. The Morgan fingerprint density at radius 1 is 1.36 bits per heavy atom. The first kappa shape index (κ1) is 11.0. The van der Waals surface area contributed by atoms with Gasteiger partial charge < -0.3 is 4.74 Å². The van der Waals surface area contributed by atoms with E-state index in [1.165, 1.54) is 5.57 Å². The number of hydrogen-bond acceptors (Lipinski definition) is 2. The van der Waals surface area contributed by atoms with Crippen LogP contribution >= 0.6 is 0 Å². The van der Waals surface area contributed by atoms with Crippen LogP contribution in [0.5, 0.6) is 0 Å². The second-order valence-electron chi connectivity index (χ2n) is 4.28. The van der Waals surface area contributed by atoms with E-state index in [1.54, 1.807) is 13.4 Å². The van der Waals surface area contributed by atoms with E-state index in [1.807, 2.05) is 19.9 Å². The second kappa shape index (κ2) is 3.99. The van der Waals surface area contributed by atoms with Gasteiger partial charge >= 0.3 is 0 Å². The maximum Gasteiger partial charge on any atom is 0.143 e. The van der Waals surface area contributed by atoms with Crippen LogP contribution in [0.2, 0.25) is 0 Å². The molecule has 0 saturated heterocycles. The Kier molecular flexibility index (Phi) is 3.14. The topological polar surface area (TPSA) is 26.3 Å². The summed E-state index contributed by atoms with van der Waals surface area (Å²) in [5.74, 6) is 0.318. The third-order valence-corrected chi connectivity index (χ3v) is 2.93. The van der Waals surface area contributed by atoms with Gasteiger partial charge in [0.2, 0.25) is 0 Å². The Morgan fingerprint density at radius 2 is 2.00 bits per heavy atom. The monoisotopic (exact) mass is 194 g/mol. The summed E-state index contributed by atoms with van der Waals surface area (Å²) in [5.41, 5.74) is 2.05. The van der Waals surface area contributed by atoms with Crippen LogP contribution in [0.3, 0.4) is 0 Å². The first-order valence-electron chi connectivity index (χ1n) is 4.93. The van der Waals surface area contributed by atoms with E-state index in [4.69, 9.17) is 4.74 Å². The molecule has 78 valence electrons. The highest BCUT2D eigenvalue weighted by molar-refractivity contribution is 5.89. The van der Waals surface area contributed by atoms with Gasteiger partial charge in [-0.15, -0.1) is 0 Å². The van der Waals surface area contributed by atoms with Gasteiger partial charge in [0, 0.05) is 11.8 Å². The molecular weight excluding hydrogens is 176 g/mol. The number of hydrogen-bond donors (Lipinski definition) is 0. The molecule has 1 rings (SSSR count). The molecule has 0 saturated carbocycles. The van der Waals surface area contributed by atoms with Gasteiger partial charge in [-0.1, -0.05) is 5.57 Å². The van der Waals surface area contributed by atoms with Crippen molar-refractivity contribution in [3.05, 3.63) is 23.5 Å². The van der Waals surface area contributed by atoms with Crippen LogP contribution in [0.4, 0.5) is 0 Å².